The monoisotopic (exact) mass is 234 g/mol. The van der Waals surface area contributed by atoms with Gasteiger partial charge in [0, 0.05) is 18.0 Å². The van der Waals surface area contributed by atoms with Gasteiger partial charge in [-0.25, -0.2) is 4.39 Å². The topological polar surface area (TPSA) is 56.7 Å². The summed E-state index contributed by atoms with van der Waals surface area (Å²) in [5.74, 6) is -0.396. The summed E-state index contributed by atoms with van der Waals surface area (Å²) in [7, 11) is 0. The molecule has 0 bridgehead atoms. The normalized spacial score (nSPS) is 11.8. The highest BCUT2D eigenvalue weighted by Gasteiger charge is 2.17. The number of rotatable bonds is 1. The van der Waals surface area contributed by atoms with Gasteiger partial charge in [-0.05, 0) is 26.8 Å². The van der Waals surface area contributed by atoms with E-state index in [0.717, 1.165) is 6.20 Å². The van der Waals surface area contributed by atoms with Crippen LogP contribution in [-0.2, 0) is 5.54 Å². The molecule has 0 spiro atoms. The minimum Gasteiger partial charge on any atom is -0.396 e. The minimum absolute atomic E-state index is 0.160. The molecule has 5 heteroatoms. The van der Waals surface area contributed by atoms with Crippen molar-refractivity contribution in [2.24, 2.45) is 0 Å². The van der Waals surface area contributed by atoms with Gasteiger partial charge in [0.25, 0.3) is 0 Å². The Morgan fingerprint density at radius 3 is 2.53 bits per heavy atom. The zero-order valence-corrected chi connectivity index (χ0v) is 10.1. The third kappa shape index (κ3) is 2.27. The molecule has 0 aliphatic heterocycles. The number of aromatic nitrogens is 3. The predicted octanol–water partition coefficient (Wildman–Crippen LogP) is 2.42. The maximum Gasteiger partial charge on any atom is 0.142 e. The van der Waals surface area contributed by atoms with Gasteiger partial charge in [-0.3, -0.25) is 9.67 Å². The summed E-state index contributed by atoms with van der Waals surface area (Å²) in [6.45, 7) is 6.06. The van der Waals surface area contributed by atoms with Gasteiger partial charge in [0.15, 0.2) is 0 Å². The van der Waals surface area contributed by atoms with Crippen LogP contribution in [0.2, 0.25) is 0 Å². The maximum atomic E-state index is 13.1. The number of nitrogens with zero attached hydrogens (tertiary/aromatic N) is 3. The quantitative estimate of drug-likeness (QED) is 0.824. The lowest BCUT2D eigenvalue weighted by molar-refractivity contribution is 0.356. The first-order valence-corrected chi connectivity index (χ1v) is 5.34. The van der Waals surface area contributed by atoms with Crippen LogP contribution in [-0.4, -0.2) is 14.8 Å². The van der Waals surface area contributed by atoms with Crippen molar-refractivity contribution in [2.45, 2.75) is 26.3 Å². The molecule has 0 radical (unpaired) electrons. The van der Waals surface area contributed by atoms with E-state index in [-0.39, 0.29) is 5.54 Å². The van der Waals surface area contributed by atoms with Crippen molar-refractivity contribution in [3.63, 3.8) is 0 Å². The van der Waals surface area contributed by atoms with Gasteiger partial charge < -0.3 is 5.73 Å². The Balaban J connectivity index is 2.50. The van der Waals surface area contributed by atoms with E-state index in [1.165, 1.54) is 6.07 Å². The summed E-state index contributed by atoms with van der Waals surface area (Å²) in [5, 5.41) is 4.38. The van der Waals surface area contributed by atoms with Crippen LogP contribution < -0.4 is 5.73 Å². The first-order chi connectivity index (χ1) is 7.88. The Morgan fingerprint density at radius 1 is 1.29 bits per heavy atom. The summed E-state index contributed by atoms with van der Waals surface area (Å²) in [6.07, 6.45) is 4.45. The van der Waals surface area contributed by atoms with E-state index in [2.05, 4.69) is 10.1 Å². The third-order valence-electron chi connectivity index (χ3n) is 2.41. The van der Waals surface area contributed by atoms with Crippen molar-refractivity contribution in [1.29, 1.82) is 0 Å². The standard InChI is InChI=1S/C12H15FN4/c1-12(2,3)17-7-10(14)11(16-17)8-4-9(13)6-15-5-8/h4-7H,14H2,1-3H3. The molecule has 4 nitrogen and oxygen atoms in total. The van der Waals surface area contributed by atoms with Crippen molar-refractivity contribution >= 4 is 5.69 Å². The summed E-state index contributed by atoms with van der Waals surface area (Å²) in [4.78, 5) is 3.79. The van der Waals surface area contributed by atoms with Crippen LogP contribution in [0.15, 0.2) is 24.7 Å². The van der Waals surface area contributed by atoms with Crippen molar-refractivity contribution in [3.8, 4) is 11.3 Å². The number of nitrogen functional groups attached to an aromatic ring is 1. The molecule has 0 unspecified atom stereocenters. The molecule has 2 rings (SSSR count). The second kappa shape index (κ2) is 3.84. The molecule has 0 amide bonds. The van der Waals surface area contributed by atoms with E-state index >= 15 is 0 Å². The molecule has 90 valence electrons. The van der Waals surface area contributed by atoms with Gasteiger partial charge in [0.2, 0.25) is 0 Å². The van der Waals surface area contributed by atoms with Gasteiger partial charge >= 0.3 is 0 Å². The average molecular weight is 234 g/mol. The summed E-state index contributed by atoms with van der Waals surface area (Å²) in [5.41, 5.74) is 7.40. The summed E-state index contributed by atoms with van der Waals surface area (Å²) < 4.78 is 14.9. The van der Waals surface area contributed by atoms with Crippen molar-refractivity contribution in [2.75, 3.05) is 5.73 Å². The fourth-order valence-corrected chi connectivity index (χ4v) is 1.50. The number of hydrogen-bond donors (Lipinski definition) is 1. The molecule has 2 N–H and O–H groups in total. The molecular weight excluding hydrogens is 219 g/mol. The van der Waals surface area contributed by atoms with Gasteiger partial charge in [-0.2, -0.15) is 5.10 Å². The Labute approximate surface area is 99.3 Å². The van der Waals surface area contributed by atoms with Gasteiger partial charge in [0.1, 0.15) is 11.5 Å². The number of anilines is 1. The lowest BCUT2D eigenvalue weighted by Gasteiger charge is -2.18. The SMILES string of the molecule is CC(C)(C)n1cc(N)c(-c2cncc(F)c2)n1. The van der Waals surface area contributed by atoms with Crippen LogP contribution in [0.1, 0.15) is 20.8 Å². The van der Waals surface area contributed by atoms with Crippen LogP contribution >= 0.6 is 0 Å². The molecule has 0 atom stereocenters. The van der Waals surface area contributed by atoms with E-state index in [4.69, 9.17) is 5.73 Å². The fourth-order valence-electron chi connectivity index (χ4n) is 1.50. The molecule has 17 heavy (non-hydrogen) atoms. The van der Waals surface area contributed by atoms with E-state index < -0.39 is 5.82 Å². The Kier molecular flexibility index (Phi) is 2.61. The molecule has 0 aromatic carbocycles. The molecule has 0 aliphatic rings. The van der Waals surface area contributed by atoms with E-state index in [1.54, 1.807) is 17.1 Å². The third-order valence-corrected chi connectivity index (χ3v) is 2.41. The van der Waals surface area contributed by atoms with Crippen LogP contribution in [0.25, 0.3) is 11.3 Å². The molecule has 2 heterocycles. The molecule has 0 fully saturated rings. The average Bonchev–Trinajstić information content (AvgIpc) is 2.60. The lowest BCUT2D eigenvalue weighted by atomic mass is 10.1. The van der Waals surface area contributed by atoms with E-state index in [1.807, 2.05) is 20.8 Å². The second-order valence-electron chi connectivity index (χ2n) is 4.94. The molecular formula is C12H15FN4. The summed E-state index contributed by atoms with van der Waals surface area (Å²) in [6, 6.07) is 1.37. The fraction of sp³-hybridized carbons (Fsp3) is 0.333. The zero-order valence-electron chi connectivity index (χ0n) is 10.1. The highest BCUT2D eigenvalue weighted by molar-refractivity contribution is 5.71. The first-order valence-electron chi connectivity index (χ1n) is 5.34. The largest absolute Gasteiger partial charge is 0.396 e. The van der Waals surface area contributed by atoms with Crippen LogP contribution in [0.3, 0.4) is 0 Å². The predicted molar refractivity (Wildman–Crippen MR) is 64.8 cm³/mol. The minimum atomic E-state index is -0.396. The number of nitrogens with two attached hydrogens (primary N) is 1. The Bertz CT molecular complexity index is 540. The van der Waals surface area contributed by atoms with Gasteiger partial charge in [0.05, 0.1) is 17.4 Å². The molecule has 2 aromatic rings. The zero-order chi connectivity index (χ0) is 12.6. The van der Waals surface area contributed by atoms with Crippen LogP contribution in [0.5, 0.6) is 0 Å². The van der Waals surface area contributed by atoms with E-state index in [9.17, 15) is 4.39 Å². The Hall–Kier alpha value is -1.91. The number of pyridine rings is 1. The summed E-state index contributed by atoms with van der Waals surface area (Å²) >= 11 is 0. The molecule has 0 saturated heterocycles. The van der Waals surface area contributed by atoms with Crippen molar-refractivity contribution in [1.82, 2.24) is 14.8 Å². The maximum absolute atomic E-state index is 13.1. The second-order valence-corrected chi connectivity index (χ2v) is 4.94. The Morgan fingerprint density at radius 2 is 2.00 bits per heavy atom. The van der Waals surface area contributed by atoms with Crippen molar-refractivity contribution in [3.05, 3.63) is 30.5 Å². The highest BCUT2D eigenvalue weighted by Crippen LogP contribution is 2.26. The van der Waals surface area contributed by atoms with Gasteiger partial charge in [-0.1, -0.05) is 0 Å². The smallest absolute Gasteiger partial charge is 0.142 e. The van der Waals surface area contributed by atoms with Crippen LogP contribution in [0.4, 0.5) is 10.1 Å². The highest BCUT2D eigenvalue weighted by atomic mass is 19.1. The first kappa shape index (κ1) is 11.6. The molecule has 0 saturated carbocycles. The van der Waals surface area contributed by atoms with Crippen LogP contribution in [0, 0.1) is 5.82 Å². The lowest BCUT2D eigenvalue weighted by Crippen LogP contribution is -2.22. The molecule has 2 aromatic heterocycles. The number of hydrogen-bond acceptors (Lipinski definition) is 3. The van der Waals surface area contributed by atoms with E-state index in [0.29, 0.717) is 16.9 Å². The van der Waals surface area contributed by atoms with Crippen molar-refractivity contribution < 1.29 is 4.39 Å². The van der Waals surface area contributed by atoms with Gasteiger partial charge in [-0.15, -0.1) is 0 Å². The number of halogens is 1. The molecule has 0 aliphatic carbocycles.